The van der Waals surface area contributed by atoms with E-state index in [-0.39, 0.29) is 0 Å². The van der Waals surface area contributed by atoms with Gasteiger partial charge in [0.05, 0.1) is 0 Å². The second-order valence-electron chi connectivity index (χ2n) is 5.34. The summed E-state index contributed by atoms with van der Waals surface area (Å²) < 4.78 is 0. The predicted octanol–water partition coefficient (Wildman–Crippen LogP) is 3.61. The van der Waals surface area contributed by atoms with Crippen LogP contribution in [0.15, 0.2) is 66.7 Å². The monoisotopic (exact) mass is 256 g/mol. The second-order valence-corrected chi connectivity index (χ2v) is 5.34. The molecule has 0 fully saturated rings. The van der Waals surface area contributed by atoms with Crippen molar-refractivity contribution >= 4 is 22.4 Å². The van der Waals surface area contributed by atoms with Crippen LogP contribution in [0.3, 0.4) is 0 Å². The molecule has 0 heterocycles. The minimum atomic E-state index is 1.13. The Morgan fingerprint density at radius 1 is 0.700 bits per heavy atom. The molecule has 1 aliphatic rings. The van der Waals surface area contributed by atoms with Crippen molar-refractivity contribution in [1.29, 1.82) is 0 Å². The van der Waals surface area contributed by atoms with Crippen LogP contribution in [0.25, 0.3) is 22.4 Å². The molecule has 0 saturated heterocycles. The molecule has 0 atom stereocenters. The third kappa shape index (κ3) is 1.77. The Morgan fingerprint density at radius 2 is 1.50 bits per heavy atom. The van der Waals surface area contributed by atoms with Gasteiger partial charge in [0.2, 0.25) is 0 Å². The Morgan fingerprint density at radius 3 is 2.50 bits per heavy atom. The lowest BCUT2D eigenvalue weighted by molar-refractivity contribution is 1.08. The molecule has 0 aromatic heterocycles. The van der Waals surface area contributed by atoms with Gasteiger partial charge in [-0.2, -0.15) is 0 Å². The van der Waals surface area contributed by atoms with Crippen molar-refractivity contribution in [2.75, 3.05) is 0 Å². The summed E-state index contributed by atoms with van der Waals surface area (Å²) in [5.74, 6) is 0. The van der Waals surface area contributed by atoms with Gasteiger partial charge in [-0.1, -0.05) is 72.8 Å². The first-order valence-corrected chi connectivity index (χ1v) is 7.20. The van der Waals surface area contributed by atoms with Gasteiger partial charge in [-0.05, 0) is 45.2 Å². The largest absolute Gasteiger partial charge is 0.0763 e. The van der Waals surface area contributed by atoms with Crippen molar-refractivity contribution in [2.45, 2.75) is 12.8 Å². The Hall–Kier alpha value is -2.34. The first-order valence-electron chi connectivity index (χ1n) is 7.20. The lowest BCUT2D eigenvalue weighted by Crippen LogP contribution is -2.29. The van der Waals surface area contributed by atoms with E-state index in [1.165, 1.54) is 32.3 Å². The Kier molecular flexibility index (Phi) is 2.67. The zero-order valence-corrected chi connectivity index (χ0v) is 11.3. The van der Waals surface area contributed by atoms with E-state index in [1.54, 1.807) is 0 Å². The summed E-state index contributed by atoms with van der Waals surface area (Å²) in [6, 6.07) is 24.0. The fourth-order valence-electron chi connectivity index (χ4n) is 3.22. The first-order chi connectivity index (χ1) is 9.93. The van der Waals surface area contributed by atoms with Crippen LogP contribution in [-0.2, 0) is 0 Å². The summed E-state index contributed by atoms with van der Waals surface area (Å²) in [7, 11) is 0. The Labute approximate surface area is 118 Å². The zero-order chi connectivity index (χ0) is 13.4. The van der Waals surface area contributed by atoms with Crippen molar-refractivity contribution < 1.29 is 0 Å². The summed E-state index contributed by atoms with van der Waals surface area (Å²) in [5, 5.41) is 5.46. The average Bonchev–Trinajstić information content (AvgIpc) is 2.54. The summed E-state index contributed by atoms with van der Waals surface area (Å²) in [5.41, 5.74) is 2.88. The van der Waals surface area contributed by atoms with Gasteiger partial charge in [-0.25, -0.2) is 0 Å². The summed E-state index contributed by atoms with van der Waals surface area (Å²) >= 11 is 0. The molecule has 1 aliphatic carbocycles. The SMILES string of the molecule is C1=c2ccccc2=C(c2cccc3ccccc23)CC1. The molecule has 96 valence electrons. The number of hydrogen-bond acceptors (Lipinski definition) is 0. The maximum atomic E-state index is 2.35. The molecular formula is C20H16. The number of benzene rings is 3. The molecule has 0 radical (unpaired) electrons. The van der Waals surface area contributed by atoms with Gasteiger partial charge < -0.3 is 0 Å². The third-order valence-electron chi connectivity index (χ3n) is 4.16. The highest BCUT2D eigenvalue weighted by Crippen LogP contribution is 2.26. The number of fused-ring (bicyclic) bond motifs is 2. The summed E-state index contributed by atoms with van der Waals surface area (Å²) in [4.78, 5) is 0. The molecule has 0 aliphatic heterocycles. The van der Waals surface area contributed by atoms with Crippen molar-refractivity contribution in [1.82, 2.24) is 0 Å². The van der Waals surface area contributed by atoms with Crippen LogP contribution in [0.2, 0.25) is 0 Å². The lowest BCUT2D eigenvalue weighted by Gasteiger charge is -2.14. The van der Waals surface area contributed by atoms with Gasteiger partial charge in [0, 0.05) is 0 Å². The number of rotatable bonds is 1. The molecule has 0 heteroatoms. The molecule has 0 spiro atoms. The van der Waals surface area contributed by atoms with E-state index < -0.39 is 0 Å². The molecule has 4 rings (SSSR count). The molecule has 3 aromatic carbocycles. The van der Waals surface area contributed by atoms with E-state index in [4.69, 9.17) is 0 Å². The van der Waals surface area contributed by atoms with E-state index in [9.17, 15) is 0 Å². The Balaban J connectivity index is 2.13. The van der Waals surface area contributed by atoms with Crippen molar-refractivity contribution in [3.05, 3.63) is 82.7 Å². The van der Waals surface area contributed by atoms with Gasteiger partial charge in [0.1, 0.15) is 0 Å². The van der Waals surface area contributed by atoms with Gasteiger partial charge in [-0.15, -0.1) is 0 Å². The van der Waals surface area contributed by atoms with Crippen LogP contribution >= 0.6 is 0 Å². The minimum Gasteiger partial charge on any atom is -0.0763 e. The molecule has 0 nitrogen and oxygen atoms in total. The van der Waals surface area contributed by atoms with E-state index in [0.717, 1.165) is 12.8 Å². The first kappa shape index (κ1) is 11.5. The molecular weight excluding hydrogens is 240 g/mol. The standard InChI is InChI=1S/C20H16/c1-3-11-17-15(7-1)9-5-13-19(17)20-14-6-10-16-8-2-4-12-18(16)20/h1-5,7-13H,6,14H2. The average molecular weight is 256 g/mol. The zero-order valence-electron chi connectivity index (χ0n) is 11.3. The van der Waals surface area contributed by atoms with Gasteiger partial charge in [0.15, 0.2) is 0 Å². The van der Waals surface area contributed by atoms with E-state index in [1.807, 2.05) is 0 Å². The normalized spacial score (nSPS) is 13.9. The molecule has 20 heavy (non-hydrogen) atoms. The van der Waals surface area contributed by atoms with Gasteiger partial charge in [-0.3, -0.25) is 0 Å². The summed E-state index contributed by atoms with van der Waals surface area (Å²) in [6.07, 6.45) is 4.62. The van der Waals surface area contributed by atoms with Crippen LogP contribution in [0.4, 0.5) is 0 Å². The third-order valence-corrected chi connectivity index (χ3v) is 4.16. The van der Waals surface area contributed by atoms with Crippen molar-refractivity contribution in [2.24, 2.45) is 0 Å². The highest BCUT2D eigenvalue weighted by atomic mass is 14.1. The van der Waals surface area contributed by atoms with Crippen molar-refractivity contribution in [3.8, 4) is 0 Å². The fraction of sp³-hybridized carbons (Fsp3) is 0.100. The maximum Gasteiger partial charge on any atom is -0.0108 e. The maximum absolute atomic E-state index is 2.35. The quantitative estimate of drug-likeness (QED) is 0.624. The van der Waals surface area contributed by atoms with E-state index >= 15 is 0 Å². The molecule has 0 N–H and O–H groups in total. The van der Waals surface area contributed by atoms with Crippen molar-refractivity contribution in [3.63, 3.8) is 0 Å². The molecule has 0 amide bonds. The molecule has 0 unspecified atom stereocenters. The van der Waals surface area contributed by atoms with Crippen LogP contribution in [0.1, 0.15) is 18.4 Å². The topological polar surface area (TPSA) is 0 Å². The highest BCUT2D eigenvalue weighted by molar-refractivity contribution is 5.94. The van der Waals surface area contributed by atoms with E-state index in [0.29, 0.717) is 0 Å². The second kappa shape index (κ2) is 4.64. The van der Waals surface area contributed by atoms with Gasteiger partial charge in [0.25, 0.3) is 0 Å². The summed E-state index contributed by atoms with van der Waals surface area (Å²) in [6.45, 7) is 0. The molecule has 3 aromatic rings. The van der Waals surface area contributed by atoms with Crippen LogP contribution in [0.5, 0.6) is 0 Å². The minimum absolute atomic E-state index is 1.13. The smallest absolute Gasteiger partial charge is 0.0108 e. The molecule has 0 saturated carbocycles. The van der Waals surface area contributed by atoms with Crippen LogP contribution in [-0.4, -0.2) is 0 Å². The lowest BCUT2D eigenvalue weighted by atomic mass is 9.90. The predicted molar refractivity (Wildman–Crippen MR) is 85.8 cm³/mol. The van der Waals surface area contributed by atoms with Crippen LogP contribution in [0, 0.1) is 0 Å². The highest BCUT2D eigenvalue weighted by Gasteiger charge is 2.09. The van der Waals surface area contributed by atoms with Gasteiger partial charge >= 0.3 is 0 Å². The molecule has 0 bridgehead atoms. The number of hydrogen-bond donors (Lipinski definition) is 0. The Bertz CT molecular complexity index is 895. The van der Waals surface area contributed by atoms with Crippen LogP contribution < -0.4 is 10.4 Å². The fourth-order valence-corrected chi connectivity index (χ4v) is 3.22. The van der Waals surface area contributed by atoms with E-state index in [2.05, 4.69) is 72.8 Å².